The van der Waals surface area contributed by atoms with E-state index in [1.807, 2.05) is 17.0 Å². The van der Waals surface area contributed by atoms with Crippen LogP contribution in [0.3, 0.4) is 0 Å². The number of aryl methyl sites for hydroxylation is 1. The molecule has 0 spiro atoms. The number of anilines is 1. The molecular formula is C15H26N2O4. The second-order valence-electron chi connectivity index (χ2n) is 4.81. The Morgan fingerprint density at radius 1 is 1.05 bits per heavy atom. The van der Waals surface area contributed by atoms with E-state index in [1.165, 1.54) is 0 Å². The molecule has 1 aromatic rings. The summed E-state index contributed by atoms with van der Waals surface area (Å²) in [5.74, 6) is 1.19. The third-order valence-corrected chi connectivity index (χ3v) is 3.34. The van der Waals surface area contributed by atoms with Gasteiger partial charge in [-0.2, -0.15) is 0 Å². The average molecular weight is 298 g/mol. The fraction of sp³-hybridized carbons (Fsp3) is 0.600. The van der Waals surface area contributed by atoms with E-state index in [0.29, 0.717) is 30.3 Å². The van der Waals surface area contributed by atoms with Gasteiger partial charge in [-0.3, -0.25) is 4.90 Å². The fourth-order valence-corrected chi connectivity index (χ4v) is 2.32. The van der Waals surface area contributed by atoms with Gasteiger partial charge >= 0.3 is 0 Å². The van der Waals surface area contributed by atoms with Gasteiger partial charge in [0.15, 0.2) is 11.5 Å². The Bertz CT molecular complexity index is 420. The molecule has 0 bridgehead atoms. The van der Waals surface area contributed by atoms with Gasteiger partial charge in [0.25, 0.3) is 0 Å². The monoisotopic (exact) mass is 298 g/mol. The van der Waals surface area contributed by atoms with Crippen LogP contribution in [0.1, 0.15) is 12.0 Å². The third-order valence-electron chi connectivity index (χ3n) is 3.34. The number of methoxy groups -OCH3 is 2. The topological polar surface area (TPSA) is 88.2 Å². The van der Waals surface area contributed by atoms with Gasteiger partial charge in [-0.1, -0.05) is 0 Å². The van der Waals surface area contributed by atoms with E-state index in [2.05, 4.69) is 0 Å². The Morgan fingerprint density at radius 3 is 2.24 bits per heavy atom. The number of rotatable bonds is 10. The Hall–Kier alpha value is -1.50. The van der Waals surface area contributed by atoms with E-state index in [9.17, 15) is 0 Å². The molecule has 1 aromatic carbocycles. The van der Waals surface area contributed by atoms with E-state index in [1.54, 1.807) is 14.2 Å². The van der Waals surface area contributed by atoms with Gasteiger partial charge in [-0.05, 0) is 37.1 Å². The normalized spacial score (nSPS) is 10.9. The molecule has 0 aliphatic rings. The van der Waals surface area contributed by atoms with Crippen molar-refractivity contribution in [3.8, 4) is 11.5 Å². The highest BCUT2D eigenvalue weighted by atomic mass is 16.5. The quantitative estimate of drug-likeness (QED) is 0.545. The maximum atomic E-state index is 8.97. The summed E-state index contributed by atoms with van der Waals surface area (Å²) in [6, 6.07) is 3.82. The molecule has 0 aliphatic carbocycles. The first-order chi connectivity index (χ1) is 10.2. The Morgan fingerprint density at radius 2 is 1.71 bits per heavy atom. The van der Waals surface area contributed by atoms with E-state index < -0.39 is 0 Å². The van der Waals surface area contributed by atoms with Crippen LogP contribution < -0.4 is 15.2 Å². The van der Waals surface area contributed by atoms with Gasteiger partial charge in [0.2, 0.25) is 0 Å². The van der Waals surface area contributed by atoms with Crippen LogP contribution in [0.2, 0.25) is 0 Å². The number of nitrogen functional groups attached to an aromatic ring is 1. The molecule has 0 unspecified atom stereocenters. The van der Waals surface area contributed by atoms with Crippen molar-refractivity contribution in [3.63, 3.8) is 0 Å². The molecule has 1 rings (SSSR count). The number of aliphatic hydroxyl groups is 2. The lowest BCUT2D eigenvalue weighted by Gasteiger charge is -2.20. The zero-order chi connectivity index (χ0) is 15.7. The average Bonchev–Trinajstić information content (AvgIpc) is 2.47. The highest BCUT2D eigenvalue weighted by Gasteiger charge is 2.10. The lowest BCUT2D eigenvalue weighted by molar-refractivity contribution is 0.160. The van der Waals surface area contributed by atoms with E-state index in [0.717, 1.165) is 24.9 Å². The van der Waals surface area contributed by atoms with Crippen molar-refractivity contribution < 1.29 is 19.7 Å². The SMILES string of the molecule is COc1cc(CCCN(CCO)CCO)cc(N)c1OC. The van der Waals surface area contributed by atoms with E-state index in [4.69, 9.17) is 25.4 Å². The summed E-state index contributed by atoms with van der Waals surface area (Å²) in [5, 5.41) is 17.9. The number of benzene rings is 1. The maximum absolute atomic E-state index is 8.97. The Kier molecular flexibility index (Phi) is 7.89. The second kappa shape index (κ2) is 9.44. The van der Waals surface area contributed by atoms with E-state index in [-0.39, 0.29) is 13.2 Å². The lowest BCUT2D eigenvalue weighted by Crippen LogP contribution is -2.31. The van der Waals surface area contributed by atoms with Crippen LogP contribution in [0.4, 0.5) is 5.69 Å². The number of ether oxygens (including phenoxy) is 2. The van der Waals surface area contributed by atoms with Crippen molar-refractivity contribution in [2.45, 2.75) is 12.8 Å². The first-order valence-corrected chi connectivity index (χ1v) is 7.10. The molecule has 4 N–H and O–H groups in total. The minimum absolute atomic E-state index is 0.101. The molecule has 0 heterocycles. The van der Waals surface area contributed by atoms with Crippen molar-refractivity contribution in [2.24, 2.45) is 0 Å². The van der Waals surface area contributed by atoms with Crippen LogP contribution in [-0.2, 0) is 6.42 Å². The minimum Gasteiger partial charge on any atom is -0.493 e. The summed E-state index contributed by atoms with van der Waals surface area (Å²) in [7, 11) is 3.15. The number of nitrogens with two attached hydrogens (primary N) is 1. The summed E-state index contributed by atoms with van der Waals surface area (Å²) in [5.41, 5.74) is 7.60. The zero-order valence-electron chi connectivity index (χ0n) is 12.8. The van der Waals surface area contributed by atoms with Crippen LogP contribution >= 0.6 is 0 Å². The molecule has 0 radical (unpaired) electrons. The summed E-state index contributed by atoms with van der Waals surface area (Å²) in [4.78, 5) is 2.03. The molecule has 0 amide bonds. The number of aliphatic hydroxyl groups excluding tert-OH is 2. The highest BCUT2D eigenvalue weighted by molar-refractivity contribution is 5.62. The molecule has 6 nitrogen and oxygen atoms in total. The van der Waals surface area contributed by atoms with Gasteiger partial charge < -0.3 is 25.4 Å². The maximum Gasteiger partial charge on any atom is 0.183 e. The van der Waals surface area contributed by atoms with Crippen molar-refractivity contribution in [2.75, 3.05) is 52.8 Å². The summed E-state index contributed by atoms with van der Waals surface area (Å²) >= 11 is 0. The number of hydrogen-bond acceptors (Lipinski definition) is 6. The molecular weight excluding hydrogens is 272 g/mol. The van der Waals surface area contributed by atoms with Crippen LogP contribution in [0.5, 0.6) is 11.5 Å². The minimum atomic E-state index is 0.101. The second-order valence-corrected chi connectivity index (χ2v) is 4.81. The van der Waals surface area contributed by atoms with Crippen LogP contribution in [-0.4, -0.2) is 62.2 Å². The number of nitrogens with zero attached hydrogens (tertiary/aromatic N) is 1. The first kappa shape index (κ1) is 17.6. The van der Waals surface area contributed by atoms with Gasteiger partial charge in [-0.15, -0.1) is 0 Å². The third kappa shape index (κ3) is 5.41. The van der Waals surface area contributed by atoms with Crippen molar-refractivity contribution in [1.29, 1.82) is 0 Å². The van der Waals surface area contributed by atoms with Gasteiger partial charge in [0, 0.05) is 13.1 Å². The smallest absolute Gasteiger partial charge is 0.183 e. The molecule has 0 aliphatic heterocycles. The van der Waals surface area contributed by atoms with Crippen LogP contribution in [0.25, 0.3) is 0 Å². The molecule has 0 saturated heterocycles. The first-order valence-electron chi connectivity index (χ1n) is 7.10. The molecule has 0 saturated carbocycles. The predicted molar refractivity (Wildman–Crippen MR) is 82.9 cm³/mol. The predicted octanol–water partition coefficient (Wildman–Crippen LogP) is 0.505. The van der Waals surface area contributed by atoms with Gasteiger partial charge in [0.1, 0.15) is 0 Å². The molecule has 0 aromatic heterocycles. The summed E-state index contributed by atoms with van der Waals surface area (Å²) < 4.78 is 10.5. The molecule has 0 atom stereocenters. The molecule has 120 valence electrons. The molecule has 6 heteroatoms. The van der Waals surface area contributed by atoms with Crippen molar-refractivity contribution in [1.82, 2.24) is 4.90 Å². The summed E-state index contributed by atoms with van der Waals surface area (Å²) in [6.45, 7) is 2.17. The van der Waals surface area contributed by atoms with Gasteiger partial charge in [-0.25, -0.2) is 0 Å². The standard InChI is InChI=1S/C15H26N2O4/c1-20-14-11-12(10-13(16)15(14)21-2)4-3-5-17(6-8-18)7-9-19/h10-11,18-19H,3-9,16H2,1-2H3. The summed E-state index contributed by atoms with van der Waals surface area (Å²) in [6.07, 6.45) is 1.76. The lowest BCUT2D eigenvalue weighted by atomic mass is 10.1. The Labute approximate surface area is 126 Å². The van der Waals surface area contributed by atoms with Crippen LogP contribution in [0, 0.1) is 0 Å². The zero-order valence-corrected chi connectivity index (χ0v) is 12.8. The largest absolute Gasteiger partial charge is 0.493 e. The van der Waals surface area contributed by atoms with Crippen molar-refractivity contribution in [3.05, 3.63) is 17.7 Å². The fourth-order valence-electron chi connectivity index (χ4n) is 2.32. The highest BCUT2D eigenvalue weighted by Crippen LogP contribution is 2.34. The van der Waals surface area contributed by atoms with Crippen molar-refractivity contribution >= 4 is 5.69 Å². The molecule has 21 heavy (non-hydrogen) atoms. The van der Waals surface area contributed by atoms with Crippen LogP contribution in [0.15, 0.2) is 12.1 Å². The van der Waals surface area contributed by atoms with Gasteiger partial charge in [0.05, 0.1) is 33.1 Å². The molecule has 0 fully saturated rings. The van der Waals surface area contributed by atoms with E-state index >= 15 is 0 Å². The Balaban J connectivity index is 2.60. The number of hydrogen-bond donors (Lipinski definition) is 3.